The third kappa shape index (κ3) is 5.62. The average Bonchev–Trinajstić information content (AvgIpc) is 3.31. The van der Waals surface area contributed by atoms with E-state index in [4.69, 9.17) is 4.98 Å². The number of carbonyl (C=O) groups is 1. The van der Waals surface area contributed by atoms with Crippen LogP contribution in [0.2, 0.25) is 0 Å². The number of nitrogens with zero attached hydrogens (tertiary/aromatic N) is 5. The largest absolute Gasteiger partial charge is 0.348 e. The van der Waals surface area contributed by atoms with Gasteiger partial charge in [-0.25, -0.2) is 4.98 Å². The minimum Gasteiger partial charge on any atom is -0.348 e. The molecule has 190 valence electrons. The highest BCUT2D eigenvalue weighted by Crippen LogP contribution is 2.34. The van der Waals surface area contributed by atoms with Gasteiger partial charge in [-0.15, -0.1) is 0 Å². The first-order valence-electron chi connectivity index (χ1n) is 12.9. The Kier molecular flexibility index (Phi) is 7.42. The third-order valence-electron chi connectivity index (χ3n) is 7.25. The van der Waals surface area contributed by atoms with Gasteiger partial charge in [0.15, 0.2) is 0 Å². The summed E-state index contributed by atoms with van der Waals surface area (Å²) in [6.07, 6.45) is 12.5. The van der Waals surface area contributed by atoms with E-state index in [1.807, 2.05) is 45.6 Å². The number of imidazole rings is 1. The number of nitrogens with one attached hydrogen (secondary N) is 1. The predicted molar refractivity (Wildman–Crippen MR) is 144 cm³/mol. The number of pyridine rings is 2. The van der Waals surface area contributed by atoms with E-state index in [-0.39, 0.29) is 11.9 Å². The lowest BCUT2D eigenvalue weighted by molar-refractivity contribution is 0.0949. The maximum Gasteiger partial charge on any atom is 0.252 e. The molecule has 0 bridgehead atoms. The van der Waals surface area contributed by atoms with Gasteiger partial charge in [-0.1, -0.05) is 30.3 Å². The SMILES string of the molecule is Cc1cncc(C)c1C(=O)NCc1cccc(CN(Cc2nccn2C)C2CCCc3cccnc32)c1. The molecular formula is C30H34N6O. The third-order valence-corrected chi connectivity index (χ3v) is 7.25. The Morgan fingerprint density at radius 3 is 2.65 bits per heavy atom. The Morgan fingerprint density at radius 2 is 1.86 bits per heavy atom. The zero-order valence-electron chi connectivity index (χ0n) is 21.8. The minimum atomic E-state index is -0.0656. The van der Waals surface area contributed by atoms with Crippen molar-refractivity contribution in [2.45, 2.75) is 58.8 Å². The summed E-state index contributed by atoms with van der Waals surface area (Å²) < 4.78 is 2.09. The van der Waals surface area contributed by atoms with Crippen molar-refractivity contribution in [2.24, 2.45) is 7.05 Å². The molecule has 37 heavy (non-hydrogen) atoms. The van der Waals surface area contributed by atoms with Gasteiger partial charge in [-0.05, 0) is 67.0 Å². The molecule has 7 heteroatoms. The number of benzene rings is 1. The van der Waals surface area contributed by atoms with Crippen molar-refractivity contribution in [1.82, 2.24) is 29.7 Å². The Bertz CT molecular complexity index is 1370. The van der Waals surface area contributed by atoms with Gasteiger partial charge < -0.3 is 9.88 Å². The van der Waals surface area contributed by atoms with E-state index in [9.17, 15) is 4.79 Å². The molecule has 0 saturated carbocycles. The van der Waals surface area contributed by atoms with Crippen LogP contribution in [0.5, 0.6) is 0 Å². The van der Waals surface area contributed by atoms with Crippen LogP contribution in [0.15, 0.2) is 67.4 Å². The molecule has 5 rings (SSSR count). The van der Waals surface area contributed by atoms with Crippen molar-refractivity contribution < 1.29 is 4.79 Å². The fourth-order valence-corrected chi connectivity index (χ4v) is 5.35. The molecule has 0 radical (unpaired) electrons. The van der Waals surface area contributed by atoms with E-state index in [0.29, 0.717) is 12.1 Å². The second-order valence-electron chi connectivity index (χ2n) is 9.97. The topological polar surface area (TPSA) is 75.9 Å². The monoisotopic (exact) mass is 494 g/mol. The number of carbonyl (C=O) groups excluding carboxylic acids is 1. The molecule has 0 aliphatic heterocycles. The molecule has 1 atom stereocenters. The van der Waals surface area contributed by atoms with Crippen LogP contribution in [0.4, 0.5) is 0 Å². The number of fused-ring (bicyclic) bond motifs is 1. The quantitative estimate of drug-likeness (QED) is 0.379. The highest BCUT2D eigenvalue weighted by atomic mass is 16.1. The van der Waals surface area contributed by atoms with Gasteiger partial charge in [-0.2, -0.15) is 0 Å². The molecule has 3 aromatic heterocycles. The van der Waals surface area contributed by atoms with Crippen molar-refractivity contribution >= 4 is 5.91 Å². The lowest BCUT2D eigenvalue weighted by atomic mass is 9.90. The van der Waals surface area contributed by atoms with Crippen molar-refractivity contribution in [3.63, 3.8) is 0 Å². The molecule has 0 fully saturated rings. The van der Waals surface area contributed by atoms with E-state index in [2.05, 4.69) is 55.1 Å². The molecule has 0 spiro atoms. The Morgan fingerprint density at radius 1 is 1.05 bits per heavy atom. The average molecular weight is 495 g/mol. The summed E-state index contributed by atoms with van der Waals surface area (Å²) in [6, 6.07) is 13.0. The Hall–Kier alpha value is -3.84. The first-order valence-corrected chi connectivity index (χ1v) is 12.9. The van der Waals surface area contributed by atoms with Gasteiger partial charge in [0.2, 0.25) is 0 Å². The summed E-state index contributed by atoms with van der Waals surface area (Å²) in [5.74, 6) is 0.971. The molecule has 1 amide bonds. The number of aryl methyl sites for hydroxylation is 4. The van der Waals surface area contributed by atoms with Gasteiger partial charge in [-0.3, -0.25) is 19.7 Å². The molecule has 4 aromatic rings. The van der Waals surface area contributed by atoms with Gasteiger partial charge in [0.05, 0.1) is 18.3 Å². The summed E-state index contributed by atoms with van der Waals surface area (Å²) in [5, 5.41) is 3.09. The van der Waals surface area contributed by atoms with E-state index >= 15 is 0 Å². The van der Waals surface area contributed by atoms with Crippen LogP contribution < -0.4 is 5.32 Å². The fraction of sp³-hybridized carbons (Fsp3) is 0.333. The lowest BCUT2D eigenvalue weighted by Crippen LogP contribution is -2.32. The molecule has 1 unspecified atom stereocenters. The standard InChI is InChI=1S/C30H34N6O/c1-21-16-31-17-22(2)28(21)30(37)34-18-23-7-4-8-24(15-23)19-36(20-27-32-13-14-35(27)3)26-11-5-9-25-10-6-12-33-29(25)26/h4,6-8,10,12-17,26H,5,9,11,18-20H2,1-3H3,(H,34,37). The molecule has 1 aliphatic carbocycles. The Labute approximate surface area is 218 Å². The maximum atomic E-state index is 12.9. The van der Waals surface area contributed by atoms with Gasteiger partial charge in [0.25, 0.3) is 5.91 Å². The highest BCUT2D eigenvalue weighted by molar-refractivity contribution is 5.96. The summed E-state index contributed by atoms with van der Waals surface area (Å²) >= 11 is 0. The number of aromatic nitrogens is 4. The predicted octanol–water partition coefficient (Wildman–Crippen LogP) is 4.84. The zero-order valence-corrected chi connectivity index (χ0v) is 21.8. The molecule has 7 nitrogen and oxygen atoms in total. The van der Waals surface area contributed by atoms with Gasteiger partial charge in [0.1, 0.15) is 5.82 Å². The van der Waals surface area contributed by atoms with Crippen molar-refractivity contribution in [3.8, 4) is 0 Å². The van der Waals surface area contributed by atoms with Crippen LogP contribution in [0.3, 0.4) is 0 Å². The second-order valence-corrected chi connectivity index (χ2v) is 9.97. The molecule has 0 saturated heterocycles. The molecular weight excluding hydrogens is 460 g/mol. The van der Waals surface area contributed by atoms with Crippen LogP contribution in [-0.4, -0.2) is 30.3 Å². The van der Waals surface area contributed by atoms with E-state index < -0.39 is 0 Å². The first-order chi connectivity index (χ1) is 18.0. The van der Waals surface area contributed by atoms with Crippen molar-refractivity contribution in [1.29, 1.82) is 0 Å². The summed E-state index contributed by atoms with van der Waals surface area (Å²) in [7, 11) is 2.04. The summed E-state index contributed by atoms with van der Waals surface area (Å²) in [4.78, 5) is 29.0. The summed E-state index contributed by atoms with van der Waals surface area (Å²) in [5.41, 5.74) is 7.30. The first kappa shape index (κ1) is 24.8. The normalized spacial score (nSPS) is 15.0. The smallest absolute Gasteiger partial charge is 0.252 e. The molecule has 1 N–H and O–H groups in total. The van der Waals surface area contributed by atoms with Crippen LogP contribution in [0, 0.1) is 13.8 Å². The van der Waals surface area contributed by atoms with E-state index in [1.165, 1.54) is 16.8 Å². The van der Waals surface area contributed by atoms with Crippen molar-refractivity contribution in [3.05, 3.63) is 112 Å². The van der Waals surface area contributed by atoms with Crippen LogP contribution >= 0.6 is 0 Å². The minimum absolute atomic E-state index is 0.0656. The molecule has 1 aromatic carbocycles. The van der Waals surface area contributed by atoms with E-state index in [0.717, 1.165) is 54.9 Å². The number of rotatable bonds is 8. The lowest BCUT2D eigenvalue weighted by Gasteiger charge is -2.35. The van der Waals surface area contributed by atoms with Gasteiger partial charge >= 0.3 is 0 Å². The fourth-order valence-electron chi connectivity index (χ4n) is 5.35. The maximum absolute atomic E-state index is 12.9. The zero-order chi connectivity index (χ0) is 25.8. The number of hydrogen-bond donors (Lipinski definition) is 1. The number of hydrogen-bond acceptors (Lipinski definition) is 5. The van der Waals surface area contributed by atoms with Crippen LogP contribution in [-0.2, 0) is 33.1 Å². The van der Waals surface area contributed by atoms with Crippen LogP contribution in [0.25, 0.3) is 0 Å². The molecule has 3 heterocycles. The second kappa shape index (κ2) is 11.0. The Balaban J connectivity index is 1.35. The van der Waals surface area contributed by atoms with Crippen molar-refractivity contribution in [2.75, 3.05) is 0 Å². The molecule has 1 aliphatic rings. The highest BCUT2D eigenvalue weighted by Gasteiger charge is 2.28. The number of amides is 1. The van der Waals surface area contributed by atoms with Crippen LogP contribution in [0.1, 0.15) is 68.6 Å². The van der Waals surface area contributed by atoms with E-state index in [1.54, 1.807) is 12.4 Å². The summed E-state index contributed by atoms with van der Waals surface area (Å²) in [6.45, 7) is 5.83. The van der Waals surface area contributed by atoms with Gasteiger partial charge in [0, 0.05) is 56.7 Å².